The van der Waals surface area contributed by atoms with Crippen LogP contribution in [0.1, 0.15) is 43.0 Å². The Kier molecular flexibility index (Phi) is 5.07. The molecule has 2 aliphatic rings. The van der Waals surface area contributed by atoms with Crippen molar-refractivity contribution >= 4 is 17.6 Å². The monoisotopic (exact) mass is 330 g/mol. The molecule has 0 radical (unpaired) electrons. The summed E-state index contributed by atoms with van der Waals surface area (Å²) in [5, 5.41) is 9.26. The summed E-state index contributed by atoms with van der Waals surface area (Å²) in [6.45, 7) is 5.12. The van der Waals surface area contributed by atoms with E-state index in [4.69, 9.17) is 0 Å². The highest BCUT2D eigenvalue weighted by molar-refractivity contribution is 5.95. The van der Waals surface area contributed by atoms with E-state index in [1.165, 1.54) is 24.9 Å². The van der Waals surface area contributed by atoms with Crippen molar-refractivity contribution in [3.8, 4) is 0 Å². The second kappa shape index (κ2) is 7.24. The van der Waals surface area contributed by atoms with Crippen molar-refractivity contribution in [2.75, 3.05) is 31.1 Å². The summed E-state index contributed by atoms with van der Waals surface area (Å²) in [6, 6.07) is 7.78. The summed E-state index contributed by atoms with van der Waals surface area (Å²) < 4.78 is 0. The molecule has 2 atom stereocenters. The van der Waals surface area contributed by atoms with E-state index in [-0.39, 0.29) is 11.8 Å². The lowest BCUT2D eigenvalue weighted by Crippen LogP contribution is -2.45. The van der Waals surface area contributed by atoms with Crippen LogP contribution in [0.4, 0.5) is 5.69 Å². The number of hydrogen-bond acceptors (Lipinski definition) is 3. The van der Waals surface area contributed by atoms with Crippen molar-refractivity contribution in [3.63, 3.8) is 0 Å². The van der Waals surface area contributed by atoms with Gasteiger partial charge in [-0.2, -0.15) is 0 Å². The van der Waals surface area contributed by atoms with Crippen LogP contribution in [0.2, 0.25) is 0 Å². The van der Waals surface area contributed by atoms with E-state index in [9.17, 15) is 14.7 Å². The SMILES string of the molecule is CC1CC(C(=O)O)CN(C(=O)c2ccc(N3CCCCC3)cc2)C1. The van der Waals surface area contributed by atoms with Gasteiger partial charge in [-0.15, -0.1) is 0 Å². The Morgan fingerprint density at radius 1 is 1.04 bits per heavy atom. The third-order valence-corrected chi connectivity index (χ3v) is 5.13. The molecule has 2 fully saturated rings. The second-order valence-corrected chi connectivity index (χ2v) is 7.18. The molecule has 3 rings (SSSR count). The van der Waals surface area contributed by atoms with Crippen LogP contribution in [0.25, 0.3) is 0 Å². The van der Waals surface area contributed by atoms with Gasteiger partial charge in [-0.25, -0.2) is 0 Å². The highest BCUT2D eigenvalue weighted by Gasteiger charge is 2.32. The maximum atomic E-state index is 12.7. The Labute approximate surface area is 143 Å². The molecule has 24 heavy (non-hydrogen) atoms. The highest BCUT2D eigenvalue weighted by atomic mass is 16.4. The maximum Gasteiger partial charge on any atom is 0.308 e. The van der Waals surface area contributed by atoms with Gasteiger partial charge in [0.1, 0.15) is 0 Å². The standard InChI is InChI=1S/C19H26N2O3/c1-14-11-16(19(23)24)13-21(12-14)18(22)15-5-7-17(8-6-15)20-9-3-2-4-10-20/h5-8,14,16H,2-4,9-13H2,1H3,(H,23,24). The number of benzene rings is 1. The fraction of sp³-hybridized carbons (Fsp3) is 0.579. The number of carboxylic acids is 1. The minimum absolute atomic E-state index is 0.0574. The first kappa shape index (κ1) is 16.8. The van der Waals surface area contributed by atoms with E-state index in [0.717, 1.165) is 13.1 Å². The van der Waals surface area contributed by atoms with E-state index < -0.39 is 11.9 Å². The van der Waals surface area contributed by atoms with Crippen molar-refractivity contribution in [2.45, 2.75) is 32.6 Å². The van der Waals surface area contributed by atoms with E-state index in [2.05, 4.69) is 4.90 Å². The lowest BCUT2D eigenvalue weighted by molar-refractivity contribution is -0.143. The van der Waals surface area contributed by atoms with Gasteiger partial charge in [-0.05, 0) is 55.9 Å². The topological polar surface area (TPSA) is 60.9 Å². The lowest BCUT2D eigenvalue weighted by Gasteiger charge is -2.35. The third kappa shape index (κ3) is 3.71. The van der Waals surface area contributed by atoms with Crippen LogP contribution in [0, 0.1) is 11.8 Å². The second-order valence-electron chi connectivity index (χ2n) is 7.18. The van der Waals surface area contributed by atoms with Gasteiger partial charge in [0.25, 0.3) is 5.91 Å². The number of aliphatic carboxylic acids is 1. The molecular weight excluding hydrogens is 304 g/mol. The molecule has 0 aromatic heterocycles. The van der Waals surface area contributed by atoms with Crippen molar-refractivity contribution in [2.24, 2.45) is 11.8 Å². The van der Waals surface area contributed by atoms with Gasteiger partial charge >= 0.3 is 5.97 Å². The van der Waals surface area contributed by atoms with E-state index >= 15 is 0 Å². The quantitative estimate of drug-likeness (QED) is 0.926. The zero-order chi connectivity index (χ0) is 17.1. The molecule has 1 amide bonds. The van der Waals surface area contributed by atoms with E-state index in [1.807, 2.05) is 31.2 Å². The summed E-state index contributed by atoms with van der Waals surface area (Å²) in [5.74, 6) is -1.10. The number of carbonyl (C=O) groups is 2. The summed E-state index contributed by atoms with van der Waals surface area (Å²) >= 11 is 0. The normalized spacial score (nSPS) is 24.7. The number of carboxylic acid groups (broad SMARTS) is 1. The Hall–Kier alpha value is -2.04. The molecule has 0 saturated carbocycles. The highest BCUT2D eigenvalue weighted by Crippen LogP contribution is 2.25. The minimum atomic E-state index is -0.806. The number of piperidine rings is 2. The smallest absolute Gasteiger partial charge is 0.308 e. The molecule has 5 nitrogen and oxygen atoms in total. The first-order chi connectivity index (χ1) is 11.5. The average Bonchev–Trinajstić information content (AvgIpc) is 2.61. The molecule has 0 bridgehead atoms. The number of likely N-dealkylation sites (tertiary alicyclic amines) is 1. The number of hydrogen-bond donors (Lipinski definition) is 1. The lowest BCUT2D eigenvalue weighted by atomic mass is 9.90. The number of nitrogens with zero attached hydrogens (tertiary/aromatic N) is 2. The first-order valence-electron chi connectivity index (χ1n) is 8.91. The molecule has 5 heteroatoms. The van der Waals surface area contributed by atoms with E-state index in [0.29, 0.717) is 25.1 Å². The molecule has 2 unspecified atom stereocenters. The predicted molar refractivity (Wildman–Crippen MR) is 93.3 cm³/mol. The Morgan fingerprint density at radius 3 is 2.33 bits per heavy atom. The zero-order valence-corrected chi connectivity index (χ0v) is 14.3. The number of amides is 1. The van der Waals surface area contributed by atoms with Crippen molar-refractivity contribution in [3.05, 3.63) is 29.8 Å². The zero-order valence-electron chi connectivity index (χ0n) is 14.3. The Bertz CT molecular complexity index is 593. The molecule has 1 N–H and O–H groups in total. The summed E-state index contributed by atoms with van der Waals surface area (Å²) in [6.07, 6.45) is 4.39. The average molecular weight is 330 g/mol. The molecule has 130 valence electrons. The summed E-state index contributed by atoms with van der Waals surface area (Å²) in [5.41, 5.74) is 1.82. The van der Waals surface area contributed by atoms with Crippen LogP contribution in [-0.4, -0.2) is 48.1 Å². The van der Waals surface area contributed by atoms with Gasteiger partial charge in [-0.1, -0.05) is 6.92 Å². The van der Waals surface area contributed by atoms with E-state index in [1.54, 1.807) is 4.90 Å². The van der Waals surface area contributed by atoms with Crippen LogP contribution in [0.15, 0.2) is 24.3 Å². The van der Waals surface area contributed by atoms with Crippen molar-refractivity contribution < 1.29 is 14.7 Å². The van der Waals surface area contributed by atoms with Crippen LogP contribution in [-0.2, 0) is 4.79 Å². The third-order valence-electron chi connectivity index (χ3n) is 5.13. The van der Waals surface area contributed by atoms with Gasteiger partial charge in [0, 0.05) is 37.4 Å². The molecular formula is C19H26N2O3. The van der Waals surface area contributed by atoms with Gasteiger partial charge in [0.2, 0.25) is 0 Å². The Morgan fingerprint density at radius 2 is 1.71 bits per heavy atom. The fourth-order valence-electron chi connectivity index (χ4n) is 3.85. The molecule has 0 spiro atoms. The maximum absolute atomic E-state index is 12.7. The van der Waals surface area contributed by atoms with Crippen LogP contribution >= 0.6 is 0 Å². The first-order valence-corrected chi connectivity index (χ1v) is 8.91. The molecule has 1 aromatic rings. The van der Waals surface area contributed by atoms with Gasteiger partial charge in [0.05, 0.1) is 5.92 Å². The van der Waals surface area contributed by atoms with Crippen LogP contribution in [0.5, 0.6) is 0 Å². The summed E-state index contributed by atoms with van der Waals surface area (Å²) in [7, 11) is 0. The number of carbonyl (C=O) groups excluding carboxylic acids is 1. The minimum Gasteiger partial charge on any atom is -0.481 e. The fourth-order valence-corrected chi connectivity index (χ4v) is 3.85. The Balaban J connectivity index is 1.69. The van der Waals surface area contributed by atoms with Crippen LogP contribution in [0.3, 0.4) is 0 Å². The van der Waals surface area contributed by atoms with Gasteiger partial charge < -0.3 is 14.9 Å². The molecule has 1 aromatic carbocycles. The molecule has 2 heterocycles. The van der Waals surface area contributed by atoms with Gasteiger partial charge in [-0.3, -0.25) is 9.59 Å². The molecule has 2 aliphatic heterocycles. The number of anilines is 1. The molecule has 0 aliphatic carbocycles. The van der Waals surface area contributed by atoms with Crippen LogP contribution < -0.4 is 4.90 Å². The van der Waals surface area contributed by atoms with Crippen molar-refractivity contribution in [1.29, 1.82) is 0 Å². The number of rotatable bonds is 3. The summed E-state index contributed by atoms with van der Waals surface area (Å²) in [4.78, 5) is 28.1. The van der Waals surface area contributed by atoms with Crippen molar-refractivity contribution in [1.82, 2.24) is 4.90 Å². The largest absolute Gasteiger partial charge is 0.481 e. The van der Waals surface area contributed by atoms with Gasteiger partial charge in [0.15, 0.2) is 0 Å². The molecule has 2 saturated heterocycles. The predicted octanol–water partition coefficient (Wildman–Crippen LogP) is 2.86.